The van der Waals surface area contributed by atoms with Crippen molar-refractivity contribution >= 4 is 23.2 Å². The largest absolute Gasteiger partial charge is 0.340 e. The Kier molecular flexibility index (Phi) is 5.78. The van der Waals surface area contributed by atoms with Crippen molar-refractivity contribution in [1.29, 1.82) is 0 Å². The van der Waals surface area contributed by atoms with Gasteiger partial charge in [0.25, 0.3) is 0 Å². The molecule has 0 spiro atoms. The summed E-state index contributed by atoms with van der Waals surface area (Å²) in [6.45, 7) is 0.681. The molecule has 0 radical (unpaired) electrons. The van der Waals surface area contributed by atoms with Crippen LogP contribution in [0.5, 0.6) is 0 Å². The number of pyridine rings is 1. The Morgan fingerprint density at radius 2 is 1.73 bits per heavy atom. The molecule has 5 heteroatoms. The van der Waals surface area contributed by atoms with Crippen LogP contribution >= 0.6 is 0 Å². The highest BCUT2D eigenvalue weighted by molar-refractivity contribution is 5.88. The summed E-state index contributed by atoms with van der Waals surface area (Å²) in [7, 11) is 1.92. The van der Waals surface area contributed by atoms with Gasteiger partial charge in [-0.2, -0.15) is 0 Å². The quantitative estimate of drug-likeness (QED) is 0.421. The Morgan fingerprint density at radius 1 is 1.06 bits per heavy atom. The third-order valence-corrected chi connectivity index (χ3v) is 6.84. The molecule has 0 unspecified atom stereocenters. The number of fused-ring (bicyclic) bond motifs is 3. The summed E-state index contributed by atoms with van der Waals surface area (Å²) in [6.07, 6.45) is 4.84. The molecule has 0 bridgehead atoms. The van der Waals surface area contributed by atoms with E-state index in [0.717, 1.165) is 46.9 Å². The number of amides is 1. The van der Waals surface area contributed by atoms with Crippen LogP contribution in [-0.4, -0.2) is 39.7 Å². The minimum atomic E-state index is -0.344. The van der Waals surface area contributed by atoms with Gasteiger partial charge in [-0.1, -0.05) is 60.7 Å². The molecule has 5 nitrogen and oxygen atoms in total. The van der Waals surface area contributed by atoms with Gasteiger partial charge in [0, 0.05) is 43.3 Å². The molecule has 33 heavy (non-hydrogen) atoms. The monoisotopic (exact) mass is 437 g/mol. The minimum absolute atomic E-state index is 0.0570. The highest BCUT2D eigenvalue weighted by Crippen LogP contribution is 2.33. The Balaban J connectivity index is 1.48. The van der Waals surface area contributed by atoms with Crippen molar-refractivity contribution in [3.05, 3.63) is 101 Å². The average Bonchev–Trinajstić information content (AvgIpc) is 3.18. The standard InChI is InChI=1S/C28H27N3O2/c1-30(28(33)26(20-9-4-2-5-10-20)21-11-6-3-7-12-21)22-14-15-25-23(16-18-32)24-13-8-17-29-27(24)31(25)19-22/h2-13,17-18,22,26H,14-16,19H2,1H3/t22-/m1/s1. The fourth-order valence-electron chi connectivity index (χ4n) is 5.16. The number of carbonyl (C=O) groups is 2. The summed E-state index contributed by atoms with van der Waals surface area (Å²) in [6, 6.07) is 24.0. The lowest BCUT2D eigenvalue weighted by Crippen LogP contribution is -2.44. The zero-order chi connectivity index (χ0) is 22.8. The summed E-state index contributed by atoms with van der Waals surface area (Å²) < 4.78 is 2.21. The molecule has 0 aliphatic carbocycles. The van der Waals surface area contributed by atoms with Crippen LogP contribution in [0.2, 0.25) is 0 Å². The zero-order valence-corrected chi connectivity index (χ0v) is 18.7. The van der Waals surface area contributed by atoms with Crippen molar-refractivity contribution in [2.24, 2.45) is 0 Å². The van der Waals surface area contributed by atoms with E-state index in [4.69, 9.17) is 0 Å². The molecule has 3 heterocycles. The smallest absolute Gasteiger partial charge is 0.234 e. The fraction of sp³-hybridized carbons (Fsp3) is 0.250. The molecule has 5 rings (SSSR count). The lowest BCUT2D eigenvalue weighted by Gasteiger charge is -2.35. The summed E-state index contributed by atoms with van der Waals surface area (Å²) in [5, 5.41) is 1.04. The molecule has 166 valence electrons. The molecule has 1 atom stereocenters. The normalized spacial score (nSPS) is 15.4. The van der Waals surface area contributed by atoms with Gasteiger partial charge in [0.1, 0.15) is 11.9 Å². The van der Waals surface area contributed by atoms with Crippen molar-refractivity contribution in [2.45, 2.75) is 37.8 Å². The topological polar surface area (TPSA) is 55.2 Å². The first-order valence-corrected chi connectivity index (χ1v) is 11.4. The average molecular weight is 438 g/mol. The lowest BCUT2D eigenvalue weighted by atomic mass is 9.89. The Bertz CT molecular complexity index is 1240. The second-order valence-electron chi connectivity index (χ2n) is 8.68. The van der Waals surface area contributed by atoms with Crippen LogP contribution in [0.4, 0.5) is 0 Å². The van der Waals surface area contributed by atoms with Gasteiger partial charge in [-0.3, -0.25) is 4.79 Å². The number of rotatable bonds is 6. The van der Waals surface area contributed by atoms with E-state index < -0.39 is 0 Å². The second kappa shape index (κ2) is 9.02. The Hall–Kier alpha value is -3.73. The number of benzene rings is 2. The second-order valence-corrected chi connectivity index (χ2v) is 8.68. The highest BCUT2D eigenvalue weighted by Gasteiger charge is 2.33. The fourth-order valence-corrected chi connectivity index (χ4v) is 5.16. The minimum Gasteiger partial charge on any atom is -0.340 e. The number of hydrogen-bond donors (Lipinski definition) is 0. The predicted molar refractivity (Wildman–Crippen MR) is 129 cm³/mol. The zero-order valence-electron chi connectivity index (χ0n) is 18.7. The molecule has 1 aliphatic rings. The van der Waals surface area contributed by atoms with E-state index in [1.807, 2.05) is 84.7 Å². The van der Waals surface area contributed by atoms with Gasteiger partial charge in [-0.05, 0) is 41.7 Å². The van der Waals surface area contributed by atoms with Crippen LogP contribution in [0.1, 0.15) is 34.7 Å². The maximum absolute atomic E-state index is 13.9. The van der Waals surface area contributed by atoms with Gasteiger partial charge in [-0.25, -0.2) is 4.98 Å². The van der Waals surface area contributed by atoms with Crippen LogP contribution in [0.15, 0.2) is 79.0 Å². The molecule has 1 amide bonds. The molecule has 4 aromatic rings. The predicted octanol–water partition coefficient (Wildman–Crippen LogP) is 4.38. The van der Waals surface area contributed by atoms with E-state index >= 15 is 0 Å². The van der Waals surface area contributed by atoms with Gasteiger partial charge in [0.2, 0.25) is 5.91 Å². The van der Waals surface area contributed by atoms with E-state index in [0.29, 0.717) is 13.0 Å². The SMILES string of the molecule is CN(C(=O)C(c1ccccc1)c1ccccc1)[C@@H]1CCc2c(CC=O)c3cccnc3n2C1. The van der Waals surface area contributed by atoms with Crippen molar-refractivity contribution in [1.82, 2.24) is 14.5 Å². The maximum atomic E-state index is 13.9. The number of nitrogens with zero attached hydrogens (tertiary/aromatic N) is 3. The number of aldehydes is 1. The van der Waals surface area contributed by atoms with Crippen molar-refractivity contribution in [3.8, 4) is 0 Å². The molecule has 2 aromatic carbocycles. The van der Waals surface area contributed by atoms with Crippen LogP contribution in [-0.2, 0) is 29.0 Å². The molecular weight excluding hydrogens is 410 g/mol. The van der Waals surface area contributed by atoms with Crippen LogP contribution < -0.4 is 0 Å². The molecule has 0 saturated carbocycles. The van der Waals surface area contributed by atoms with Crippen LogP contribution in [0.3, 0.4) is 0 Å². The third kappa shape index (κ3) is 3.84. The molecular formula is C28H27N3O2. The number of aromatic nitrogens is 2. The summed E-state index contributed by atoms with van der Waals surface area (Å²) >= 11 is 0. The van der Waals surface area contributed by atoms with Gasteiger partial charge in [-0.15, -0.1) is 0 Å². The first kappa shape index (κ1) is 21.1. The van der Waals surface area contributed by atoms with E-state index in [1.54, 1.807) is 6.20 Å². The van der Waals surface area contributed by atoms with Gasteiger partial charge in [0.15, 0.2) is 0 Å². The number of likely N-dealkylation sites (N-methyl/N-ethyl adjacent to an activating group) is 1. The first-order valence-electron chi connectivity index (χ1n) is 11.4. The Morgan fingerprint density at radius 3 is 2.36 bits per heavy atom. The molecule has 1 aliphatic heterocycles. The van der Waals surface area contributed by atoms with E-state index in [9.17, 15) is 9.59 Å². The van der Waals surface area contributed by atoms with Crippen molar-refractivity contribution in [3.63, 3.8) is 0 Å². The Labute approximate surface area is 193 Å². The lowest BCUT2D eigenvalue weighted by molar-refractivity contribution is -0.133. The molecule has 0 saturated heterocycles. The van der Waals surface area contributed by atoms with Crippen LogP contribution in [0.25, 0.3) is 11.0 Å². The van der Waals surface area contributed by atoms with E-state index in [1.165, 1.54) is 5.69 Å². The van der Waals surface area contributed by atoms with Gasteiger partial charge >= 0.3 is 0 Å². The van der Waals surface area contributed by atoms with Crippen molar-refractivity contribution in [2.75, 3.05) is 7.05 Å². The highest BCUT2D eigenvalue weighted by atomic mass is 16.2. The van der Waals surface area contributed by atoms with E-state index in [2.05, 4.69) is 9.55 Å². The first-order chi connectivity index (χ1) is 16.2. The van der Waals surface area contributed by atoms with Crippen molar-refractivity contribution < 1.29 is 9.59 Å². The molecule has 2 aromatic heterocycles. The van der Waals surface area contributed by atoms with Gasteiger partial charge < -0.3 is 14.3 Å². The summed E-state index contributed by atoms with van der Waals surface area (Å²) in [5.74, 6) is -0.248. The summed E-state index contributed by atoms with van der Waals surface area (Å²) in [4.78, 5) is 31.7. The molecule has 0 fully saturated rings. The number of carbonyl (C=O) groups excluding carboxylic acids is 2. The summed E-state index contributed by atoms with van der Waals surface area (Å²) in [5.41, 5.74) is 5.15. The van der Waals surface area contributed by atoms with Gasteiger partial charge in [0.05, 0.1) is 5.92 Å². The molecule has 0 N–H and O–H groups in total. The number of hydrogen-bond acceptors (Lipinski definition) is 3. The van der Waals surface area contributed by atoms with Crippen LogP contribution in [0, 0.1) is 0 Å². The third-order valence-electron chi connectivity index (χ3n) is 6.84. The maximum Gasteiger partial charge on any atom is 0.234 e. The van der Waals surface area contributed by atoms with E-state index in [-0.39, 0.29) is 17.9 Å².